The summed E-state index contributed by atoms with van der Waals surface area (Å²) >= 11 is 1.53. The molecule has 3 heteroatoms. The van der Waals surface area contributed by atoms with Crippen LogP contribution in [0, 0.1) is 6.92 Å². The van der Waals surface area contributed by atoms with Gasteiger partial charge in [0.25, 0.3) is 0 Å². The van der Waals surface area contributed by atoms with Gasteiger partial charge in [-0.2, -0.15) is 11.8 Å². The molecule has 0 aliphatic heterocycles. The molecule has 0 unspecified atom stereocenters. The molecule has 0 N–H and O–H groups in total. The Labute approximate surface area is 70.0 Å². The second-order valence-electron chi connectivity index (χ2n) is 2.25. The van der Waals surface area contributed by atoms with E-state index in [4.69, 9.17) is 4.42 Å². The van der Waals surface area contributed by atoms with Gasteiger partial charge in [-0.25, -0.2) is 0 Å². The lowest BCUT2D eigenvalue weighted by atomic mass is 10.2. The molecule has 2 nitrogen and oxygen atoms in total. The first-order chi connectivity index (χ1) is 5.25. The van der Waals surface area contributed by atoms with Crippen LogP contribution in [0.4, 0.5) is 0 Å². The number of thioether (sulfide) groups is 1. The largest absolute Gasteiger partial charge is 0.469 e. The predicted molar refractivity (Wildman–Crippen MR) is 46.2 cm³/mol. The SMILES string of the molecule is CSCC(=O)c1ccoc1C. The number of carbonyl (C=O) groups is 1. The number of furan rings is 1. The molecule has 0 saturated heterocycles. The van der Waals surface area contributed by atoms with Crippen molar-refractivity contribution < 1.29 is 9.21 Å². The minimum atomic E-state index is 0.142. The van der Waals surface area contributed by atoms with Crippen LogP contribution in [0.1, 0.15) is 16.1 Å². The lowest BCUT2D eigenvalue weighted by molar-refractivity contribution is 0.102. The maximum absolute atomic E-state index is 11.2. The fourth-order valence-electron chi connectivity index (χ4n) is 0.883. The van der Waals surface area contributed by atoms with Gasteiger partial charge in [0, 0.05) is 0 Å². The zero-order valence-corrected chi connectivity index (χ0v) is 7.40. The van der Waals surface area contributed by atoms with E-state index in [1.165, 1.54) is 11.8 Å². The van der Waals surface area contributed by atoms with Gasteiger partial charge < -0.3 is 4.42 Å². The quantitative estimate of drug-likeness (QED) is 0.651. The van der Waals surface area contributed by atoms with E-state index in [-0.39, 0.29) is 5.78 Å². The second-order valence-corrected chi connectivity index (χ2v) is 3.11. The monoisotopic (exact) mass is 170 g/mol. The molecular formula is C8H10O2S. The van der Waals surface area contributed by atoms with Crippen molar-refractivity contribution in [2.75, 3.05) is 12.0 Å². The molecule has 0 amide bonds. The zero-order valence-electron chi connectivity index (χ0n) is 6.59. The smallest absolute Gasteiger partial charge is 0.176 e. The number of ketones is 1. The molecule has 0 aliphatic carbocycles. The molecule has 0 spiro atoms. The molecule has 0 fully saturated rings. The molecule has 1 aromatic heterocycles. The van der Waals surface area contributed by atoms with E-state index in [0.717, 1.165) is 0 Å². The van der Waals surface area contributed by atoms with E-state index in [1.807, 2.05) is 6.26 Å². The normalized spacial score (nSPS) is 10.0. The number of carbonyl (C=O) groups excluding carboxylic acids is 1. The topological polar surface area (TPSA) is 30.2 Å². The first-order valence-corrected chi connectivity index (χ1v) is 4.71. The summed E-state index contributed by atoms with van der Waals surface area (Å²) in [6.45, 7) is 1.80. The van der Waals surface area contributed by atoms with Crippen molar-refractivity contribution in [3.63, 3.8) is 0 Å². The van der Waals surface area contributed by atoms with Gasteiger partial charge in [0.05, 0.1) is 17.6 Å². The molecule has 60 valence electrons. The number of rotatable bonds is 3. The van der Waals surface area contributed by atoms with E-state index in [1.54, 1.807) is 19.3 Å². The molecule has 1 heterocycles. The van der Waals surface area contributed by atoms with Gasteiger partial charge in [-0.05, 0) is 19.2 Å². The van der Waals surface area contributed by atoms with Crippen LogP contribution in [0.3, 0.4) is 0 Å². The molecule has 0 aromatic carbocycles. The highest BCUT2D eigenvalue weighted by molar-refractivity contribution is 7.99. The highest BCUT2D eigenvalue weighted by Crippen LogP contribution is 2.11. The van der Waals surface area contributed by atoms with E-state index in [0.29, 0.717) is 17.1 Å². The van der Waals surface area contributed by atoms with Crippen molar-refractivity contribution in [3.05, 3.63) is 23.7 Å². The third-order valence-corrected chi connectivity index (χ3v) is 1.99. The fraction of sp³-hybridized carbons (Fsp3) is 0.375. The summed E-state index contributed by atoms with van der Waals surface area (Å²) in [4.78, 5) is 11.2. The van der Waals surface area contributed by atoms with Crippen molar-refractivity contribution in [2.24, 2.45) is 0 Å². The van der Waals surface area contributed by atoms with Gasteiger partial charge in [0.2, 0.25) is 0 Å². The Morgan fingerprint density at radius 3 is 2.91 bits per heavy atom. The summed E-state index contributed by atoms with van der Waals surface area (Å²) in [5, 5.41) is 0. The fourth-order valence-corrected chi connectivity index (χ4v) is 1.30. The average molecular weight is 170 g/mol. The minimum Gasteiger partial charge on any atom is -0.469 e. The molecule has 0 bridgehead atoms. The summed E-state index contributed by atoms with van der Waals surface area (Å²) in [6.07, 6.45) is 3.45. The Bertz CT molecular complexity index is 252. The van der Waals surface area contributed by atoms with E-state index in [9.17, 15) is 4.79 Å². The van der Waals surface area contributed by atoms with Crippen LogP contribution in [-0.4, -0.2) is 17.8 Å². The summed E-state index contributed by atoms with van der Waals surface area (Å²) < 4.78 is 5.00. The Hall–Kier alpha value is -0.700. The molecule has 11 heavy (non-hydrogen) atoms. The Kier molecular flexibility index (Phi) is 2.76. The van der Waals surface area contributed by atoms with Crippen molar-refractivity contribution in [1.29, 1.82) is 0 Å². The number of aryl methyl sites for hydroxylation is 1. The van der Waals surface area contributed by atoms with Crippen molar-refractivity contribution >= 4 is 17.5 Å². The lowest BCUT2D eigenvalue weighted by Gasteiger charge is -1.93. The average Bonchev–Trinajstić information content (AvgIpc) is 2.36. The molecule has 0 radical (unpaired) electrons. The van der Waals surface area contributed by atoms with Gasteiger partial charge in [0.15, 0.2) is 5.78 Å². The van der Waals surface area contributed by atoms with Crippen LogP contribution >= 0.6 is 11.8 Å². The lowest BCUT2D eigenvalue weighted by Crippen LogP contribution is -2.01. The van der Waals surface area contributed by atoms with Crippen LogP contribution in [0.5, 0.6) is 0 Å². The zero-order chi connectivity index (χ0) is 8.27. The molecule has 0 atom stereocenters. The van der Waals surface area contributed by atoms with Crippen LogP contribution in [0.2, 0.25) is 0 Å². The Morgan fingerprint density at radius 1 is 1.73 bits per heavy atom. The van der Waals surface area contributed by atoms with Crippen LogP contribution < -0.4 is 0 Å². The summed E-state index contributed by atoms with van der Waals surface area (Å²) in [7, 11) is 0. The first kappa shape index (κ1) is 8.40. The molecule has 0 aliphatic rings. The van der Waals surface area contributed by atoms with Gasteiger partial charge in [0.1, 0.15) is 5.76 Å². The Morgan fingerprint density at radius 2 is 2.45 bits per heavy atom. The summed E-state index contributed by atoms with van der Waals surface area (Å²) in [6, 6.07) is 1.72. The van der Waals surface area contributed by atoms with E-state index >= 15 is 0 Å². The first-order valence-electron chi connectivity index (χ1n) is 3.32. The van der Waals surface area contributed by atoms with Gasteiger partial charge in [-0.15, -0.1) is 0 Å². The van der Waals surface area contributed by atoms with Crippen LogP contribution in [0.15, 0.2) is 16.7 Å². The van der Waals surface area contributed by atoms with Crippen molar-refractivity contribution in [1.82, 2.24) is 0 Å². The maximum Gasteiger partial charge on any atom is 0.176 e. The van der Waals surface area contributed by atoms with Gasteiger partial charge >= 0.3 is 0 Å². The second kappa shape index (κ2) is 3.62. The van der Waals surface area contributed by atoms with E-state index in [2.05, 4.69) is 0 Å². The van der Waals surface area contributed by atoms with Crippen LogP contribution in [0.25, 0.3) is 0 Å². The molecule has 1 rings (SSSR count). The van der Waals surface area contributed by atoms with Gasteiger partial charge in [-0.3, -0.25) is 4.79 Å². The molecule has 1 aromatic rings. The standard InChI is InChI=1S/C8H10O2S/c1-6-7(3-4-10-6)8(9)5-11-2/h3-4H,5H2,1-2H3. The molecular weight excluding hydrogens is 160 g/mol. The third kappa shape index (κ3) is 1.87. The maximum atomic E-state index is 11.2. The van der Waals surface area contributed by atoms with E-state index < -0.39 is 0 Å². The number of hydrogen-bond donors (Lipinski definition) is 0. The van der Waals surface area contributed by atoms with Gasteiger partial charge in [-0.1, -0.05) is 0 Å². The Balaban J connectivity index is 2.76. The molecule has 0 saturated carbocycles. The summed E-state index contributed by atoms with van der Waals surface area (Å²) in [5.74, 6) is 1.38. The van der Waals surface area contributed by atoms with Crippen LogP contribution in [-0.2, 0) is 0 Å². The third-order valence-electron chi connectivity index (χ3n) is 1.43. The predicted octanol–water partition coefficient (Wildman–Crippen LogP) is 2.13. The number of Topliss-reactive ketones (excluding diaryl/α,β-unsaturated/α-hetero) is 1. The van der Waals surface area contributed by atoms with Crippen molar-refractivity contribution in [3.8, 4) is 0 Å². The van der Waals surface area contributed by atoms with Crippen molar-refractivity contribution in [2.45, 2.75) is 6.92 Å². The highest BCUT2D eigenvalue weighted by Gasteiger charge is 2.09. The summed E-state index contributed by atoms with van der Waals surface area (Å²) in [5.41, 5.74) is 0.708. The highest BCUT2D eigenvalue weighted by atomic mass is 32.2. The number of hydrogen-bond acceptors (Lipinski definition) is 3. The minimum absolute atomic E-state index is 0.142.